The summed E-state index contributed by atoms with van der Waals surface area (Å²) in [7, 11) is 0. The Balaban J connectivity index is 1.35. The van der Waals surface area contributed by atoms with Crippen molar-refractivity contribution in [2.75, 3.05) is 25.0 Å². The molecule has 0 atom stereocenters. The number of carbonyl (C=O) groups is 1. The normalized spacial score (nSPS) is 15.0. The maximum atomic E-state index is 12.5. The van der Waals surface area contributed by atoms with E-state index in [-0.39, 0.29) is 5.91 Å². The number of hydrogen-bond acceptors (Lipinski definition) is 4. The number of amides is 1. The van der Waals surface area contributed by atoms with E-state index in [0.29, 0.717) is 11.4 Å². The summed E-state index contributed by atoms with van der Waals surface area (Å²) < 4.78 is 3.04. The lowest BCUT2D eigenvalue weighted by atomic mass is 10.2. The molecule has 25 heavy (non-hydrogen) atoms. The van der Waals surface area contributed by atoms with Gasteiger partial charge in [0.25, 0.3) is 5.91 Å². The van der Waals surface area contributed by atoms with Crippen LogP contribution >= 0.6 is 11.3 Å². The first-order chi connectivity index (χ1) is 12.3. The summed E-state index contributed by atoms with van der Waals surface area (Å²) >= 11 is 1.59. The fourth-order valence-corrected chi connectivity index (χ4v) is 4.29. The minimum Gasteiger partial charge on any atom is -0.305 e. The number of nitrogens with one attached hydrogen (secondary N) is 1. The number of rotatable bonds is 6. The van der Waals surface area contributed by atoms with Gasteiger partial charge in [0.2, 0.25) is 0 Å². The van der Waals surface area contributed by atoms with E-state index in [9.17, 15) is 4.79 Å². The van der Waals surface area contributed by atoms with Crippen molar-refractivity contribution in [2.45, 2.75) is 25.8 Å². The molecule has 6 heteroatoms. The summed E-state index contributed by atoms with van der Waals surface area (Å²) in [5.41, 5.74) is 0.712. The number of thiophene rings is 1. The molecule has 1 saturated heterocycles. The summed E-state index contributed by atoms with van der Waals surface area (Å²) in [4.78, 5) is 15.0. The Labute approximate surface area is 151 Å². The van der Waals surface area contributed by atoms with E-state index in [1.807, 2.05) is 46.6 Å². The predicted octanol–water partition coefficient (Wildman–Crippen LogP) is 3.84. The van der Waals surface area contributed by atoms with Crippen molar-refractivity contribution in [2.24, 2.45) is 0 Å². The fraction of sp³-hybridized carbons (Fsp3) is 0.368. The first kappa shape index (κ1) is 16.3. The molecule has 3 aromatic rings. The third-order valence-corrected chi connectivity index (χ3v) is 5.63. The maximum absolute atomic E-state index is 12.5. The lowest BCUT2D eigenvalue weighted by Crippen LogP contribution is -2.21. The number of aromatic nitrogens is 2. The smallest absolute Gasteiger partial charge is 0.258 e. The molecule has 0 spiro atoms. The Kier molecular flexibility index (Phi) is 4.81. The lowest BCUT2D eigenvalue weighted by molar-refractivity contribution is 0.102. The van der Waals surface area contributed by atoms with Gasteiger partial charge >= 0.3 is 0 Å². The molecule has 0 bridgehead atoms. The van der Waals surface area contributed by atoms with E-state index in [1.165, 1.54) is 25.9 Å². The van der Waals surface area contributed by atoms with Gasteiger partial charge in [0.1, 0.15) is 0 Å². The number of anilines is 1. The van der Waals surface area contributed by atoms with Crippen molar-refractivity contribution < 1.29 is 4.79 Å². The van der Waals surface area contributed by atoms with Gasteiger partial charge < -0.3 is 10.2 Å². The van der Waals surface area contributed by atoms with Gasteiger partial charge in [0, 0.05) is 34.3 Å². The van der Waals surface area contributed by atoms with E-state index in [0.717, 1.165) is 29.6 Å². The average molecular weight is 354 g/mol. The van der Waals surface area contributed by atoms with Gasteiger partial charge in [-0.05, 0) is 45.0 Å². The van der Waals surface area contributed by atoms with Gasteiger partial charge in [-0.3, -0.25) is 9.48 Å². The number of aryl methyl sites for hydroxylation is 1. The van der Waals surface area contributed by atoms with Crippen molar-refractivity contribution in [3.05, 3.63) is 47.5 Å². The molecule has 1 fully saturated rings. The van der Waals surface area contributed by atoms with Crippen LogP contribution in [-0.4, -0.2) is 40.2 Å². The highest BCUT2D eigenvalue weighted by molar-refractivity contribution is 7.17. The summed E-state index contributed by atoms with van der Waals surface area (Å²) in [6.45, 7) is 4.47. The minimum atomic E-state index is -0.0974. The highest BCUT2D eigenvalue weighted by Gasteiger charge is 2.14. The van der Waals surface area contributed by atoms with Crippen molar-refractivity contribution in [3.63, 3.8) is 0 Å². The van der Waals surface area contributed by atoms with Crippen LogP contribution in [-0.2, 0) is 6.54 Å². The van der Waals surface area contributed by atoms with Crippen LogP contribution in [0.3, 0.4) is 0 Å². The van der Waals surface area contributed by atoms with E-state index in [1.54, 1.807) is 11.3 Å². The molecule has 1 amide bonds. The highest BCUT2D eigenvalue weighted by atomic mass is 32.1. The second-order valence-corrected chi connectivity index (χ2v) is 7.38. The molecule has 130 valence electrons. The molecule has 4 rings (SSSR count). The molecule has 5 nitrogen and oxygen atoms in total. The quantitative estimate of drug-likeness (QED) is 0.732. The fourth-order valence-electron chi connectivity index (χ4n) is 3.35. The Morgan fingerprint density at radius 3 is 2.88 bits per heavy atom. The second-order valence-electron chi connectivity index (χ2n) is 6.47. The first-order valence-electron chi connectivity index (χ1n) is 8.83. The van der Waals surface area contributed by atoms with Crippen molar-refractivity contribution in [1.82, 2.24) is 14.7 Å². The van der Waals surface area contributed by atoms with Gasteiger partial charge in [0.05, 0.1) is 5.56 Å². The lowest BCUT2D eigenvalue weighted by Gasteiger charge is -2.13. The van der Waals surface area contributed by atoms with Crippen LogP contribution in [0.4, 0.5) is 5.82 Å². The molecule has 0 aliphatic carbocycles. The Hall–Kier alpha value is -2.18. The SMILES string of the molecule is O=C(Nc1ccn(CCCN2CCCC2)n1)c1csc2ccccc12. The minimum absolute atomic E-state index is 0.0974. The first-order valence-corrected chi connectivity index (χ1v) is 9.71. The number of fused-ring (bicyclic) bond motifs is 1. The van der Waals surface area contributed by atoms with Crippen LogP contribution in [0.1, 0.15) is 29.6 Å². The van der Waals surface area contributed by atoms with Gasteiger partial charge in [0.15, 0.2) is 5.82 Å². The zero-order chi connectivity index (χ0) is 17.1. The summed E-state index contributed by atoms with van der Waals surface area (Å²) in [6, 6.07) is 9.83. The molecule has 0 radical (unpaired) electrons. The standard InChI is InChI=1S/C19H22N4OS/c24-19(16-14-25-17-7-2-1-6-15(16)17)20-18-8-13-23(21-18)12-5-11-22-9-3-4-10-22/h1-2,6-8,13-14H,3-5,9-12H2,(H,20,21,24). The van der Waals surface area contributed by atoms with Crippen molar-refractivity contribution in [1.29, 1.82) is 0 Å². The third kappa shape index (κ3) is 3.75. The Morgan fingerprint density at radius 2 is 2.00 bits per heavy atom. The third-order valence-electron chi connectivity index (χ3n) is 4.67. The largest absolute Gasteiger partial charge is 0.305 e. The topological polar surface area (TPSA) is 50.2 Å². The Bertz CT molecular complexity index is 863. The predicted molar refractivity (Wildman–Crippen MR) is 102 cm³/mol. The monoisotopic (exact) mass is 354 g/mol. The molecule has 0 unspecified atom stereocenters. The number of hydrogen-bond donors (Lipinski definition) is 1. The zero-order valence-electron chi connectivity index (χ0n) is 14.1. The van der Waals surface area contributed by atoms with Crippen molar-refractivity contribution >= 4 is 33.1 Å². The van der Waals surface area contributed by atoms with E-state index in [2.05, 4.69) is 15.3 Å². The number of benzene rings is 1. The second kappa shape index (κ2) is 7.37. The van der Waals surface area contributed by atoms with Crippen LogP contribution in [0.15, 0.2) is 41.9 Å². The zero-order valence-corrected chi connectivity index (χ0v) is 15.0. The highest BCUT2D eigenvalue weighted by Crippen LogP contribution is 2.26. The molecule has 1 N–H and O–H groups in total. The van der Waals surface area contributed by atoms with Crippen molar-refractivity contribution in [3.8, 4) is 0 Å². The van der Waals surface area contributed by atoms with Crippen LogP contribution in [0.25, 0.3) is 10.1 Å². The number of likely N-dealkylation sites (tertiary alicyclic amines) is 1. The summed E-state index contributed by atoms with van der Waals surface area (Å²) in [5, 5.41) is 10.3. The summed E-state index contributed by atoms with van der Waals surface area (Å²) in [5.74, 6) is 0.515. The molecule has 1 aromatic carbocycles. The molecular weight excluding hydrogens is 332 g/mol. The number of carbonyl (C=O) groups excluding carboxylic acids is 1. The van der Waals surface area contributed by atoms with Gasteiger partial charge in [-0.1, -0.05) is 18.2 Å². The van der Waals surface area contributed by atoms with E-state index < -0.39 is 0 Å². The maximum Gasteiger partial charge on any atom is 0.258 e. The van der Waals surface area contributed by atoms with Crippen LogP contribution < -0.4 is 5.32 Å². The van der Waals surface area contributed by atoms with Crippen LogP contribution in [0.2, 0.25) is 0 Å². The van der Waals surface area contributed by atoms with Gasteiger partial charge in [-0.15, -0.1) is 11.3 Å². The molecule has 1 aliphatic heterocycles. The molecule has 3 heterocycles. The molecule has 0 saturated carbocycles. The van der Waals surface area contributed by atoms with Gasteiger partial charge in [-0.25, -0.2) is 0 Å². The average Bonchev–Trinajstić information content (AvgIpc) is 3.35. The van der Waals surface area contributed by atoms with Crippen LogP contribution in [0.5, 0.6) is 0 Å². The molecule has 1 aliphatic rings. The van der Waals surface area contributed by atoms with E-state index >= 15 is 0 Å². The molecule has 2 aromatic heterocycles. The van der Waals surface area contributed by atoms with E-state index in [4.69, 9.17) is 0 Å². The molecular formula is C19H22N4OS. The van der Waals surface area contributed by atoms with Gasteiger partial charge in [-0.2, -0.15) is 5.10 Å². The van der Waals surface area contributed by atoms with Crippen LogP contribution in [0, 0.1) is 0 Å². The Morgan fingerprint density at radius 1 is 1.16 bits per heavy atom. The summed E-state index contributed by atoms with van der Waals surface area (Å²) in [6.07, 6.45) is 5.68. The number of nitrogens with zero attached hydrogens (tertiary/aromatic N) is 3.